The number of carbonyl (C=O) groups is 1. The van der Waals surface area contributed by atoms with Crippen molar-refractivity contribution in [2.75, 3.05) is 12.3 Å². The van der Waals surface area contributed by atoms with E-state index in [4.69, 9.17) is 5.73 Å². The number of nitrogens with one attached hydrogen (secondary N) is 2. The second-order valence-corrected chi connectivity index (χ2v) is 4.68. The summed E-state index contributed by atoms with van der Waals surface area (Å²) in [4.78, 5) is 15.0. The first-order chi connectivity index (χ1) is 9.10. The number of amides is 1. The van der Waals surface area contributed by atoms with E-state index >= 15 is 0 Å². The fraction of sp³-hybridized carbons (Fsp3) is 0.357. The number of rotatable bonds is 5. The topological polar surface area (TPSA) is 91.1 Å². The number of anilines is 1. The molecule has 0 aliphatic heterocycles. The second-order valence-electron chi connectivity index (χ2n) is 4.68. The van der Waals surface area contributed by atoms with Gasteiger partial charge in [0.25, 0.3) is 5.91 Å². The maximum Gasteiger partial charge on any atom is 0.267 e. The van der Waals surface area contributed by atoms with Gasteiger partial charge in [-0.2, -0.15) is 0 Å². The van der Waals surface area contributed by atoms with E-state index in [9.17, 15) is 9.90 Å². The molecule has 102 valence electrons. The molecule has 0 aliphatic carbocycles. The van der Waals surface area contributed by atoms with Gasteiger partial charge in [-0.05, 0) is 30.7 Å². The Morgan fingerprint density at radius 1 is 1.47 bits per heavy atom. The van der Waals surface area contributed by atoms with Crippen molar-refractivity contribution in [3.63, 3.8) is 0 Å². The Morgan fingerprint density at radius 2 is 2.26 bits per heavy atom. The van der Waals surface area contributed by atoms with Gasteiger partial charge < -0.3 is 21.1 Å². The molecule has 1 amide bonds. The summed E-state index contributed by atoms with van der Waals surface area (Å²) < 4.78 is 0. The Bertz CT molecular complexity index is 577. The van der Waals surface area contributed by atoms with Gasteiger partial charge >= 0.3 is 0 Å². The largest absolute Gasteiger partial charge is 0.399 e. The number of fused-ring (bicyclic) bond motifs is 1. The third kappa shape index (κ3) is 3.26. The van der Waals surface area contributed by atoms with Crippen molar-refractivity contribution in [1.29, 1.82) is 0 Å². The summed E-state index contributed by atoms with van der Waals surface area (Å²) in [6.07, 6.45) is 1.08. The van der Waals surface area contributed by atoms with Crippen molar-refractivity contribution in [1.82, 2.24) is 10.3 Å². The van der Waals surface area contributed by atoms with E-state index < -0.39 is 6.10 Å². The summed E-state index contributed by atoms with van der Waals surface area (Å²) in [6.45, 7) is 2.26. The lowest BCUT2D eigenvalue weighted by Gasteiger charge is -2.09. The van der Waals surface area contributed by atoms with Gasteiger partial charge in [-0.3, -0.25) is 4.79 Å². The summed E-state index contributed by atoms with van der Waals surface area (Å²) in [5.41, 5.74) is 7.70. The highest BCUT2D eigenvalue weighted by Crippen LogP contribution is 2.18. The van der Waals surface area contributed by atoms with Gasteiger partial charge in [-0.25, -0.2) is 0 Å². The molecule has 5 nitrogen and oxygen atoms in total. The zero-order chi connectivity index (χ0) is 13.8. The molecule has 1 atom stereocenters. The Kier molecular flexibility index (Phi) is 4.06. The third-order valence-electron chi connectivity index (χ3n) is 3.01. The van der Waals surface area contributed by atoms with Gasteiger partial charge in [0.2, 0.25) is 0 Å². The number of H-pyrrole nitrogens is 1. The molecular weight excluding hydrogens is 242 g/mol. The quantitative estimate of drug-likeness (QED) is 0.617. The van der Waals surface area contributed by atoms with Gasteiger partial charge in [-0.1, -0.05) is 13.3 Å². The average Bonchev–Trinajstić information content (AvgIpc) is 2.79. The molecule has 5 N–H and O–H groups in total. The first kappa shape index (κ1) is 13.4. The molecule has 1 heterocycles. The Balaban J connectivity index is 2.05. The van der Waals surface area contributed by atoms with Crippen LogP contribution in [-0.2, 0) is 0 Å². The van der Waals surface area contributed by atoms with Crippen molar-refractivity contribution in [2.45, 2.75) is 25.9 Å². The number of aliphatic hydroxyl groups excluding tert-OH is 1. The predicted molar refractivity (Wildman–Crippen MR) is 76.0 cm³/mol. The lowest BCUT2D eigenvalue weighted by atomic mass is 10.2. The lowest BCUT2D eigenvalue weighted by molar-refractivity contribution is 0.0906. The minimum absolute atomic E-state index is 0.218. The highest BCUT2D eigenvalue weighted by atomic mass is 16.3. The standard InChI is InChI=1S/C14H19N3O2/c1-2-3-11(18)8-16-14(19)13-7-9-6-10(15)4-5-12(9)17-13/h4-7,11,17-18H,2-3,8,15H2,1H3,(H,16,19). The van der Waals surface area contributed by atoms with E-state index in [1.807, 2.05) is 19.1 Å². The van der Waals surface area contributed by atoms with Gasteiger partial charge in [0.15, 0.2) is 0 Å². The monoisotopic (exact) mass is 261 g/mol. The SMILES string of the molecule is CCCC(O)CNC(=O)c1cc2cc(N)ccc2[nH]1. The summed E-state index contributed by atoms with van der Waals surface area (Å²) in [5.74, 6) is -0.218. The van der Waals surface area contributed by atoms with E-state index in [1.54, 1.807) is 12.1 Å². The van der Waals surface area contributed by atoms with E-state index in [1.165, 1.54) is 0 Å². The van der Waals surface area contributed by atoms with Crippen LogP contribution in [0.5, 0.6) is 0 Å². The minimum atomic E-state index is -0.492. The Hall–Kier alpha value is -2.01. The van der Waals surface area contributed by atoms with Crippen molar-refractivity contribution < 1.29 is 9.90 Å². The van der Waals surface area contributed by atoms with Gasteiger partial charge in [0, 0.05) is 23.1 Å². The lowest BCUT2D eigenvalue weighted by Crippen LogP contribution is -2.32. The number of aromatic amines is 1. The molecule has 1 aromatic carbocycles. The maximum atomic E-state index is 11.9. The van der Waals surface area contributed by atoms with Crippen LogP contribution in [0.2, 0.25) is 0 Å². The van der Waals surface area contributed by atoms with E-state index in [0.717, 1.165) is 17.3 Å². The summed E-state index contributed by atoms with van der Waals surface area (Å²) in [7, 11) is 0. The molecule has 0 aliphatic rings. The number of nitrogens with two attached hydrogens (primary N) is 1. The van der Waals surface area contributed by atoms with E-state index in [2.05, 4.69) is 10.3 Å². The number of benzene rings is 1. The molecule has 0 saturated heterocycles. The fourth-order valence-electron chi connectivity index (χ4n) is 2.01. The number of hydrogen-bond donors (Lipinski definition) is 4. The number of aliphatic hydroxyl groups is 1. The van der Waals surface area contributed by atoms with Crippen molar-refractivity contribution in [3.05, 3.63) is 30.0 Å². The molecule has 5 heteroatoms. The minimum Gasteiger partial charge on any atom is -0.399 e. The van der Waals surface area contributed by atoms with Crippen molar-refractivity contribution in [3.8, 4) is 0 Å². The van der Waals surface area contributed by atoms with Crippen LogP contribution < -0.4 is 11.1 Å². The molecule has 2 aromatic rings. The molecule has 2 rings (SSSR count). The number of hydrogen-bond acceptors (Lipinski definition) is 3. The molecule has 0 radical (unpaired) electrons. The fourth-order valence-corrected chi connectivity index (χ4v) is 2.01. The van der Waals surface area contributed by atoms with Crippen molar-refractivity contribution in [2.24, 2.45) is 0 Å². The van der Waals surface area contributed by atoms with E-state index in [-0.39, 0.29) is 12.5 Å². The molecule has 0 bridgehead atoms. The molecule has 0 fully saturated rings. The van der Waals surface area contributed by atoms with E-state index in [0.29, 0.717) is 17.8 Å². The number of carbonyl (C=O) groups excluding carboxylic acids is 1. The van der Waals surface area contributed by atoms with Crippen LogP contribution in [0.3, 0.4) is 0 Å². The first-order valence-electron chi connectivity index (χ1n) is 6.44. The van der Waals surface area contributed by atoms with Crippen LogP contribution in [0.25, 0.3) is 10.9 Å². The van der Waals surface area contributed by atoms with Gasteiger partial charge in [0.1, 0.15) is 5.69 Å². The highest BCUT2D eigenvalue weighted by Gasteiger charge is 2.11. The zero-order valence-corrected chi connectivity index (χ0v) is 10.9. The maximum absolute atomic E-state index is 11.9. The van der Waals surface area contributed by atoms with Crippen LogP contribution in [0.15, 0.2) is 24.3 Å². The van der Waals surface area contributed by atoms with Crippen LogP contribution in [0, 0.1) is 0 Å². The summed E-state index contributed by atoms with van der Waals surface area (Å²) in [5, 5.41) is 13.2. The van der Waals surface area contributed by atoms with Gasteiger partial charge in [-0.15, -0.1) is 0 Å². The van der Waals surface area contributed by atoms with Crippen LogP contribution in [-0.4, -0.2) is 28.6 Å². The molecule has 1 unspecified atom stereocenters. The molecule has 0 saturated carbocycles. The van der Waals surface area contributed by atoms with Gasteiger partial charge in [0.05, 0.1) is 6.10 Å². The molecular formula is C14H19N3O2. The predicted octanol–water partition coefficient (Wildman–Crippen LogP) is 1.64. The molecule has 19 heavy (non-hydrogen) atoms. The van der Waals surface area contributed by atoms with Crippen molar-refractivity contribution >= 4 is 22.5 Å². The smallest absolute Gasteiger partial charge is 0.267 e. The normalized spacial score (nSPS) is 12.5. The Labute approximate surface area is 111 Å². The summed E-state index contributed by atoms with van der Waals surface area (Å²) >= 11 is 0. The zero-order valence-electron chi connectivity index (χ0n) is 10.9. The first-order valence-corrected chi connectivity index (χ1v) is 6.44. The molecule has 1 aromatic heterocycles. The summed E-state index contributed by atoms with van der Waals surface area (Å²) in [6, 6.07) is 7.20. The Morgan fingerprint density at radius 3 is 3.00 bits per heavy atom. The second kappa shape index (κ2) is 5.75. The molecule has 0 spiro atoms. The third-order valence-corrected chi connectivity index (χ3v) is 3.01. The van der Waals surface area contributed by atoms with Crippen LogP contribution in [0.4, 0.5) is 5.69 Å². The highest BCUT2D eigenvalue weighted by molar-refractivity contribution is 5.98. The number of aromatic nitrogens is 1. The average molecular weight is 261 g/mol. The van der Waals surface area contributed by atoms with Crippen LogP contribution >= 0.6 is 0 Å². The number of nitrogen functional groups attached to an aromatic ring is 1. The van der Waals surface area contributed by atoms with Crippen LogP contribution in [0.1, 0.15) is 30.3 Å².